The summed E-state index contributed by atoms with van der Waals surface area (Å²) < 4.78 is 0. The summed E-state index contributed by atoms with van der Waals surface area (Å²) in [6, 6.07) is 4.16. The van der Waals surface area contributed by atoms with Gasteiger partial charge in [0.15, 0.2) is 0 Å². The van der Waals surface area contributed by atoms with Crippen molar-refractivity contribution in [2.45, 2.75) is 0 Å². The van der Waals surface area contributed by atoms with Crippen LogP contribution < -0.4 is 5.32 Å². The summed E-state index contributed by atoms with van der Waals surface area (Å²) in [5, 5.41) is 11.7. The van der Waals surface area contributed by atoms with Crippen LogP contribution in [0.2, 0.25) is 5.02 Å². The number of urea groups is 1. The average molecular weight is 298 g/mol. The predicted octanol–water partition coefficient (Wildman–Crippen LogP) is 1.82. The Morgan fingerprint density at radius 1 is 1.25 bits per heavy atom. The monoisotopic (exact) mass is 297 g/mol. The summed E-state index contributed by atoms with van der Waals surface area (Å²) in [6.07, 6.45) is 0. The number of aromatic carboxylic acids is 1. The SMILES string of the molecule is CN1CCN(C(=O)Nc2ccc(C(=O)O)c(Cl)c2)CC1. The number of halogens is 1. The predicted molar refractivity (Wildman–Crippen MR) is 76.5 cm³/mol. The molecule has 6 nitrogen and oxygen atoms in total. The number of hydrogen-bond acceptors (Lipinski definition) is 3. The quantitative estimate of drug-likeness (QED) is 0.873. The number of nitrogens with one attached hydrogen (secondary N) is 1. The molecular weight excluding hydrogens is 282 g/mol. The van der Waals surface area contributed by atoms with E-state index < -0.39 is 5.97 Å². The first-order valence-electron chi connectivity index (χ1n) is 6.24. The van der Waals surface area contributed by atoms with Crippen molar-refractivity contribution in [2.24, 2.45) is 0 Å². The standard InChI is InChI=1S/C13H16ClN3O3/c1-16-4-6-17(7-5-16)13(20)15-9-2-3-10(12(18)19)11(14)8-9/h2-3,8H,4-7H2,1H3,(H,15,20)(H,18,19). The molecule has 0 saturated carbocycles. The van der Waals surface area contributed by atoms with Crippen molar-refractivity contribution in [3.8, 4) is 0 Å². The van der Waals surface area contributed by atoms with E-state index >= 15 is 0 Å². The van der Waals surface area contributed by atoms with E-state index in [9.17, 15) is 9.59 Å². The number of nitrogens with zero attached hydrogens (tertiary/aromatic N) is 2. The van der Waals surface area contributed by atoms with Crippen LogP contribution in [0.5, 0.6) is 0 Å². The maximum absolute atomic E-state index is 12.0. The Morgan fingerprint density at radius 3 is 2.45 bits per heavy atom. The van der Waals surface area contributed by atoms with Gasteiger partial charge in [-0.1, -0.05) is 11.6 Å². The van der Waals surface area contributed by atoms with Crippen LogP contribution in [0.4, 0.5) is 10.5 Å². The minimum absolute atomic E-state index is 0.0178. The highest BCUT2D eigenvalue weighted by molar-refractivity contribution is 6.33. The van der Waals surface area contributed by atoms with Crippen LogP contribution in [0.3, 0.4) is 0 Å². The van der Waals surface area contributed by atoms with Gasteiger partial charge in [0.1, 0.15) is 0 Å². The molecule has 0 radical (unpaired) electrons. The Bertz CT molecular complexity index is 528. The smallest absolute Gasteiger partial charge is 0.337 e. The molecule has 1 aromatic rings. The van der Waals surface area contributed by atoms with E-state index in [1.54, 1.807) is 4.90 Å². The van der Waals surface area contributed by atoms with Gasteiger partial charge >= 0.3 is 12.0 Å². The van der Waals surface area contributed by atoms with Gasteiger partial charge in [0.2, 0.25) is 0 Å². The zero-order valence-corrected chi connectivity index (χ0v) is 11.9. The molecule has 0 spiro atoms. The normalized spacial score (nSPS) is 16.0. The molecular formula is C13H16ClN3O3. The molecule has 1 heterocycles. The highest BCUT2D eigenvalue weighted by Gasteiger charge is 2.19. The first-order valence-corrected chi connectivity index (χ1v) is 6.62. The second kappa shape index (κ2) is 6.11. The molecule has 7 heteroatoms. The van der Waals surface area contributed by atoms with Crippen LogP contribution in [0.25, 0.3) is 0 Å². The third kappa shape index (κ3) is 3.40. The lowest BCUT2D eigenvalue weighted by atomic mass is 10.2. The third-order valence-electron chi connectivity index (χ3n) is 3.24. The van der Waals surface area contributed by atoms with Crippen molar-refractivity contribution in [2.75, 3.05) is 38.5 Å². The number of hydrogen-bond donors (Lipinski definition) is 2. The maximum Gasteiger partial charge on any atom is 0.337 e. The number of likely N-dealkylation sites (N-methyl/N-ethyl adjacent to an activating group) is 1. The number of carbonyl (C=O) groups is 2. The Labute approximate surface area is 121 Å². The van der Waals surface area contributed by atoms with Gasteiger partial charge in [0, 0.05) is 31.9 Å². The lowest BCUT2D eigenvalue weighted by Crippen LogP contribution is -2.48. The molecule has 1 aromatic carbocycles. The number of amides is 2. The van der Waals surface area contributed by atoms with Crippen molar-refractivity contribution >= 4 is 29.3 Å². The van der Waals surface area contributed by atoms with Gasteiger partial charge in [-0.3, -0.25) is 0 Å². The van der Waals surface area contributed by atoms with Crippen molar-refractivity contribution in [3.63, 3.8) is 0 Å². The minimum Gasteiger partial charge on any atom is -0.478 e. The number of carboxylic acid groups (broad SMARTS) is 1. The molecule has 2 rings (SSSR count). The first-order chi connectivity index (χ1) is 9.47. The topological polar surface area (TPSA) is 72.9 Å². The largest absolute Gasteiger partial charge is 0.478 e. The molecule has 2 amide bonds. The lowest BCUT2D eigenvalue weighted by Gasteiger charge is -2.32. The van der Waals surface area contributed by atoms with Gasteiger partial charge in [-0.05, 0) is 25.2 Å². The minimum atomic E-state index is -1.09. The van der Waals surface area contributed by atoms with Crippen LogP contribution >= 0.6 is 11.6 Å². The average Bonchev–Trinajstić information content (AvgIpc) is 2.39. The third-order valence-corrected chi connectivity index (χ3v) is 3.55. The first kappa shape index (κ1) is 14.6. The maximum atomic E-state index is 12.0. The number of carboxylic acids is 1. The molecule has 1 fully saturated rings. The summed E-state index contributed by atoms with van der Waals surface area (Å²) in [4.78, 5) is 26.8. The van der Waals surface area contributed by atoms with Crippen LogP contribution in [0, 0.1) is 0 Å². The van der Waals surface area contributed by atoms with Gasteiger partial charge in [0.05, 0.1) is 10.6 Å². The summed E-state index contributed by atoms with van der Waals surface area (Å²) in [6.45, 7) is 3.02. The Hall–Kier alpha value is -1.79. The van der Waals surface area contributed by atoms with E-state index in [1.807, 2.05) is 7.05 Å². The molecule has 0 bridgehead atoms. The molecule has 0 aromatic heterocycles. The van der Waals surface area contributed by atoms with Crippen LogP contribution in [-0.2, 0) is 0 Å². The molecule has 2 N–H and O–H groups in total. The van der Waals surface area contributed by atoms with E-state index in [-0.39, 0.29) is 16.6 Å². The Morgan fingerprint density at radius 2 is 1.90 bits per heavy atom. The van der Waals surface area contributed by atoms with Crippen molar-refractivity contribution in [1.82, 2.24) is 9.80 Å². The van der Waals surface area contributed by atoms with E-state index in [2.05, 4.69) is 10.2 Å². The number of benzene rings is 1. The summed E-state index contributed by atoms with van der Waals surface area (Å²) in [5.41, 5.74) is 0.508. The highest BCUT2D eigenvalue weighted by atomic mass is 35.5. The fourth-order valence-electron chi connectivity index (χ4n) is 1.98. The van der Waals surface area contributed by atoms with Gasteiger partial charge in [-0.15, -0.1) is 0 Å². The van der Waals surface area contributed by atoms with Crippen LogP contribution in [0.15, 0.2) is 18.2 Å². The van der Waals surface area contributed by atoms with E-state index in [0.29, 0.717) is 18.8 Å². The fourth-order valence-corrected chi connectivity index (χ4v) is 2.24. The Kier molecular flexibility index (Phi) is 4.46. The zero-order valence-electron chi connectivity index (χ0n) is 11.1. The van der Waals surface area contributed by atoms with Gasteiger partial charge in [-0.25, -0.2) is 9.59 Å². The molecule has 0 aliphatic carbocycles. The molecule has 0 unspecified atom stereocenters. The number of piperazine rings is 1. The van der Waals surface area contributed by atoms with E-state index in [1.165, 1.54) is 18.2 Å². The van der Waals surface area contributed by atoms with Gasteiger partial charge in [-0.2, -0.15) is 0 Å². The molecule has 20 heavy (non-hydrogen) atoms. The van der Waals surface area contributed by atoms with E-state index in [0.717, 1.165) is 13.1 Å². The molecule has 0 atom stereocenters. The van der Waals surface area contributed by atoms with Crippen molar-refractivity contribution in [3.05, 3.63) is 28.8 Å². The van der Waals surface area contributed by atoms with Gasteiger partial charge in [0.25, 0.3) is 0 Å². The molecule has 1 aliphatic heterocycles. The zero-order chi connectivity index (χ0) is 14.7. The second-order valence-electron chi connectivity index (χ2n) is 4.72. The lowest BCUT2D eigenvalue weighted by molar-refractivity contribution is 0.0697. The van der Waals surface area contributed by atoms with Crippen LogP contribution in [0.1, 0.15) is 10.4 Å². The highest BCUT2D eigenvalue weighted by Crippen LogP contribution is 2.21. The van der Waals surface area contributed by atoms with Crippen molar-refractivity contribution < 1.29 is 14.7 Å². The number of carbonyl (C=O) groups excluding carboxylic acids is 1. The molecule has 1 aliphatic rings. The molecule has 108 valence electrons. The van der Waals surface area contributed by atoms with E-state index in [4.69, 9.17) is 16.7 Å². The number of anilines is 1. The summed E-state index contributed by atoms with van der Waals surface area (Å²) in [7, 11) is 2.01. The van der Waals surface area contributed by atoms with Gasteiger partial charge < -0.3 is 20.2 Å². The second-order valence-corrected chi connectivity index (χ2v) is 5.13. The molecule has 1 saturated heterocycles. The van der Waals surface area contributed by atoms with Crippen LogP contribution in [-0.4, -0.2) is 60.1 Å². The summed E-state index contributed by atoms with van der Waals surface area (Å²) in [5.74, 6) is -1.09. The summed E-state index contributed by atoms with van der Waals surface area (Å²) >= 11 is 5.86. The number of rotatable bonds is 2. The fraction of sp³-hybridized carbons (Fsp3) is 0.385. The Balaban J connectivity index is 2.01. The van der Waals surface area contributed by atoms with Crippen molar-refractivity contribution in [1.29, 1.82) is 0 Å².